The molecule has 300 valence electrons. The summed E-state index contributed by atoms with van der Waals surface area (Å²) in [4.78, 5) is 15.3. The van der Waals surface area contributed by atoms with Crippen LogP contribution in [0.4, 0.5) is 0 Å². The van der Waals surface area contributed by atoms with E-state index in [-0.39, 0.29) is 0 Å². The summed E-state index contributed by atoms with van der Waals surface area (Å²) in [7, 11) is 0. The Morgan fingerprint density at radius 1 is 0.262 bits per heavy atom. The van der Waals surface area contributed by atoms with E-state index in [9.17, 15) is 0 Å². The normalized spacial score (nSPS) is 12.0. The molecule has 0 aliphatic rings. The van der Waals surface area contributed by atoms with Crippen molar-refractivity contribution in [1.82, 2.24) is 15.0 Å². The zero-order valence-corrected chi connectivity index (χ0v) is 35.8. The molecule has 4 heteroatoms. The fourth-order valence-corrected chi connectivity index (χ4v) is 11.6. The van der Waals surface area contributed by atoms with Gasteiger partial charge in [-0.2, -0.15) is 0 Å². The van der Waals surface area contributed by atoms with Crippen LogP contribution in [0.5, 0.6) is 0 Å². The second-order valence-electron chi connectivity index (χ2n) is 17.1. The highest BCUT2D eigenvalue weighted by atomic mass is 32.1. The molecule has 14 aromatic rings. The third kappa shape index (κ3) is 5.64. The molecule has 0 aliphatic carbocycles. The maximum atomic E-state index is 5.18. The predicted molar refractivity (Wildman–Crippen MR) is 276 cm³/mol. The maximum absolute atomic E-state index is 5.18. The molecule has 0 saturated heterocycles. The SMILES string of the molecule is c1ccc(-c2nc(-c3ccc(-c4cccc(-c5cc6ccc7cccc8c9cccc%10ccc%11cccc(c(c5)c6c78)c%11c%109)c4)cc3)nc(-c3cccc4c3sc3ccccc34)n2)cc1. The number of aromatic nitrogens is 3. The number of nitrogens with zero attached hydrogens (tertiary/aromatic N) is 3. The summed E-state index contributed by atoms with van der Waals surface area (Å²) >= 11 is 1.79. The molecule has 0 fully saturated rings. The zero-order chi connectivity index (χ0) is 42.6. The summed E-state index contributed by atoms with van der Waals surface area (Å²) in [5, 5.41) is 17.9. The fourth-order valence-electron chi connectivity index (χ4n) is 10.4. The van der Waals surface area contributed by atoms with E-state index in [4.69, 9.17) is 15.0 Å². The summed E-state index contributed by atoms with van der Waals surface area (Å²) in [6.45, 7) is 0. The van der Waals surface area contributed by atoms with Crippen LogP contribution in [-0.4, -0.2) is 15.0 Å². The van der Waals surface area contributed by atoms with E-state index < -0.39 is 0 Å². The van der Waals surface area contributed by atoms with Crippen LogP contribution in [0.25, 0.3) is 141 Å². The van der Waals surface area contributed by atoms with Crippen LogP contribution >= 0.6 is 11.3 Å². The number of thiophene rings is 1. The number of rotatable bonds is 5. The topological polar surface area (TPSA) is 38.7 Å². The molecule has 14 rings (SSSR count). The standard InChI is InChI=1S/C61H35N3S/c1-2-11-40(12-3-1)59-62-60(64-61(63-59)51-23-10-22-50-46-18-4-5-24-53(46)65-58(50)51)41-30-25-36(26-31-41)42-16-6-17-43(33-42)45-34-44-32-29-39-14-8-20-48-47-19-7-13-37-27-28-38-15-9-21-49(56(38)54(37)47)52(35-45)57(44)55(39)48/h1-35H. The molecule has 0 unspecified atom stereocenters. The highest BCUT2D eigenvalue weighted by molar-refractivity contribution is 7.26. The van der Waals surface area contributed by atoms with Gasteiger partial charge in [-0.1, -0.05) is 182 Å². The van der Waals surface area contributed by atoms with Crippen molar-refractivity contribution in [2.75, 3.05) is 0 Å². The van der Waals surface area contributed by atoms with Gasteiger partial charge in [-0.15, -0.1) is 11.3 Å². The maximum Gasteiger partial charge on any atom is 0.165 e. The lowest BCUT2D eigenvalue weighted by Gasteiger charge is -2.17. The number of benzene rings is 11. The minimum Gasteiger partial charge on any atom is -0.208 e. The van der Waals surface area contributed by atoms with Gasteiger partial charge in [0, 0.05) is 36.9 Å². The predicted octanol–water partition coefficient (Wildman–Crippen LogP) is 16.9. The van der Waals surface area contributed by atoms with Crippen LogP contribution in [0.2, 0.25) is 0 Å². The minimum absolute atomic E-state index is 0.646. The Morgan fingerprint density at radius 2 is 0.738 bits per heavy atom. The van der Waals surface area contributed by atoms with E-state index in [0.717, 1.165) is 27.8 Å². The minimum atomic E-state index is 0.646. The van der Waals surface area contributed by atoms with Crippen LogP contribution in [0, 0.1) is 0 Å². The van der Waals surface area contributed by atoms with Crippen molar-refractivity contribution < 1.29 is 0 Å². The van der Waals surface area contributed by atoms with Crippen LogP contribution in [0.15, 0.2) is 212 Å². The van der Waals surface area contributed by atoms with Crippen LogP contribution in [0.3, 0.4) is 0 Å². The molecule has 0 amide bonds. The zero-order valence-electron chi connectivity index (χ0n) is 35.0. The first kappa shape index (κ1) is 36.2. The summed E-state index contributed by atoms with van der Waals surface area (Å²) in [6.07, 6.45) is 0. The first-order chi connectivity index (χ1) is 32.2. The average Bonchev–Trinajstić information content (AvgIpc) is 3.76. The molecule has 2 aromatic heterocycles. The molecule has 0 bridgehead atoms. The molecule has 0 atom stereocenters. The van der Waals surface area contributed by atoms with E-state index in [1.54, 1.807) is 11.3 Å². The van der Waals surface area contributed by atoms with Crippen molar-refractivity contribution in [2.45, 2.75) is 0 Å². The largest absolute Gasteiger partial charge is 0.208 e. The third-order valence-electron chi connectivity index (χ3n) is 13.4. The van der Waals surface area contributed by atoms with E-state index in [1.165, 1.54) is 95.9 Å². The molecule has 2 heterocycles. The van der Waals surface area contributed by atoms with E-state index in [2.05, 4.69) is 194 Å². The number of hydrogen-bond donors (Lipinski definition) is 0. The van der Waals surface area contributed by atoms with E-state index in [0.29, 0.717) is 17.5 Å². The van der Waals surface area contributed by atoms with Gasteiger partial charge < -0.3 is 0 Å². The van der Waals surface area contributed by atoms with Crippen molar-refractivity contribution in [1.29, 1.82) is 0 Å². The number of fused-ring (bicyclic) bond motifs is 5. The Hall–Kier alpha value is -8.31. The van der Waals surface area contributed by atoms with Crippen LogP contribution < -0.4 is 0 Å². The van der Waals surface area contributed by atoms with Gasteiger partial charge in [0.15, 0.2) is 17.5 Å². The van der Waals surface area contributed by atoms with Gasteiger partial charge in [0.2, 0.25) is 0 Å². The monoisotopic (exact) mass is 841 g/mol. The first-order valence-corrected chi connectivity index (χ1v) is 22.9. The highest BCUT2D eigenvalue weighted by Gasteiger charge is 2.19. The molecule has 0 aliphatic heterocycles. The van der Waals surface area contributed by atoms with Crippen molar-refractivity contribution in [2.24, 2.45) is 0 Å². The van der Waals surface area contributed by atoms with Crippen LogP contribution in [-0.2, 0) is 0 Å². The lowest BCUT2D eigenvalue weighted by atomic mass is 9.86. The second kappa shape index (κ2) is 14.1. The Morgan fingerprint density at radius 3 is 1.43 bits per heavy atom. The Balaban J connectivity index is 0.904. The summed E-state index contributed by atoms with van der Waals surface area (Å²) in [6, 6.07) is 77.2. The van der Waals surface area contributed by atoms with E-state index in [1.807, 2.05) is 18.2 Å². The third-order valence-corrected chi connectivity index (χ3v) is 14.6. The van der Waals surface area contributed by atoms with Gasteiger partial charge in [-0.05, 0) is 117 Å². The Kier molecular flexibility index (Phi) is 7.85. The molecule has 0 radical (unpaired) electrons. The quantitative estimate of drug-likeness (QED) is 0.162. The average molecular weight is 842 g/mol. The molecule has 3 nitrogen and oxygen atoms in total. The second-order valence-corrected chi connectivity index (χ2v) is 18.1. The smallest absolute Gasteiger partial charge is 0.165 e. The van der Waals surface area contributed by atoms with Crippen LogP contribution in [0.1, 0.15) is 0 Å². The van der Waals surface area contributed by atoms with Gasteiger partial charge >= 0.3 is 0 Å². The number of hydrogen-bond acceptors (Lipinski definition) is 4. The first-order valence-electron chi connectivity index (χ1n) is 22.1. The Bertz CT molecular complexity index is 4220. The lowest BCUT2D eigenvalue weighted by molar-refractivity contribution is 1.08. The lowest BCUT2D eigenvalue weighted by Crippen LogP contribution is -2.00. The van der Waals surface area contributed by atoms with Crippen molar-refractivity contribution in [3.63, 3.8) is 0 Å². The Labute approximate surface area is 377 Å². The highest BCUT2D eigenvalue weighted by Crippen LogP contribution is 2.45. The molecule has 12 aromatic carbocycles. The molecule has 0 spiro atoms. The summed E-state index contributed by atoms with van der Waals surface area (Å²) < 4.78 is 2.43. The van der Waals surface area contributed by atoms with Crippen molar-refractivity contribution in [3.05, 3.63) is 212 Å². The van der Waals surface area contributed by atoms with Gasteiger partial charge in [0.1, 0.15) is 0 Å². The molecular formula is C61H35N3S. The molecule has 0 N–H and O–H groups in total. The van der Waals surface area contributed by atoms with Gasteiger partial charge in [-0.25, -0.2) is 15.0 Å². The van der Waals surface area contributed by atoms with E-state index >= 15 is 0 Å². The molecular weight excluding hydrogens is 807 g/mol. The van der Waals surface area contributed by atoms with Gasteiger partial charge in [-0.3, -0.25) is 0 Å². The fraction of sp³-hybridized carbons (Fsp3) is 0. The molecule has 0 saturated carbocycles. The van der Waals surface area contributed by atoms with Crippen molar-refractivity contribution >= 4 is 96.1 Å². The van der Waals surface area contributed by atoms with Crippen molar-refractivity contribution in [3.8, 4) is 56.4 Å². The molecule has 65 heavy (non-hydrogen) atoms. The summed E-state index contributed by atoms with van der Waals surface area (Å²) in [5.74, 6) is 1.97. The van der Waals surface area contributed by atoms with Gasteiger partial charge in [0.05, 0.1) is 0 Å². The van der Waals surface area contributed by atoms with Gasteiger partial charge in [0.25, 0.3) is 0 Å². The summed E-state index contributed by atoms with van der Waals surface area (Å²) in [5.41, 5.74) is 7.55.